The summed E-state index contributed by atoms with van der Waals surface area (Å²) in [5.41, 5.74) is -0.934. The summed E-state index contributed by atoms with van der Waals surface area (Å²) in [6.07, 6.45) is 21.6. The first-order chi connectivity index (χ1) is 15.8. The molecule has 0 aliphatic carbocycles. The lowest BCUT2D eigenvalue weighted by molar-refractivity contribution is -0.137. The van der Waals surface area contributed by atoms with Gasteiger partial charge in [-0.25, -0.2) is 0 Å². The van der Waals surface area contributed by atoms with Crippen LogP contribution in [0.1, 0.15) is 157 Å². The molecule has 5 nitrogen and oxygen atoms in total. The Balaban J connectivity index is 3.56. The molecule has 0 spiro atoms. The van der Waals surface area contributed by atoms with Gasteiger partial charge in [-0.1, -0.05) is 96.3 Å². The van der Waals surface area contributed by atoms with Crippen molar-refractivity contribution in [2.45, 2.75) is 168 Å². The molecule has 0 unspecified atom stereocenters. The van der Waals surface area contributed by atoms with Gasteiger partial charge in [0.15, 0.2) is 0 Å². The fourth-order valence-corrected chi connectivity index (χ4v) is 6.68. The number of aliphatic carboxylic acids is 1. The highest BCUT2D eigenvalue weighted by atomic mass is 31.2. The van der Waals surface area contributed by atoms with Gasteiger partial charge in [-0.3, -0.25) is 9.36 Å². The molecule has 0 radical (unpaired) electrons. The average molecular weight is 505 g/mol. The van der Waals surface area contributed by atoms with Crippen molar-refractivity contribution in [3.8, 4) is 0 Å². The largest absolute Gasteiger partial charge is 0.481 e. The molecular weight excluding hydrogens is 447 g/mol. The van der Waals surface area contributed by atoms with Crippen LogP contribution in [0.15, 0.2) is 0 Å². The van der Waals surface area contributed by atoms with Gasteiger partial charge in [-0.2, -0.15) is 0 Å². The van der Waals surface area contributed by atoms with Crippen molar-refractivity contribution in [3.05, 3.63) is 0 Å². The summed E-state index contributed by atoms with van der Waals surface area (Å²) in [7, 11) is -3.08. The highest BCUT2D eigenvalue weighted by molar-refractivity contribution is 7.53. The summed E-state index contributed by atoms with van der Waals surface area (Å²) in [4.78, 5) is 10.5. The first-order valence-electron chi connectivity index (χ1n) is 14.1. The van der Waals surface area contributed by atoms with Crippen LogP contribution in [0.3, 0.4) is 0 Å². The van der Waals surface area contributed by atoms with Gasteiger partial charge in [-0.05, 0) is 54.4 Å². The van der Waals surface area contributed by atoms with Crippen LogP contribution in [0, 0.1) is 0 Å². The minimum atomic E-state index is -3.08. The molecule has 34 heavy (non-hydrogen) atoms. The van der Waals surface area contributed by atoms with Crippen LogP contribution in [0.5, 0.6) is 0 Å². The van der Waals surface area contributed by atoms with Crippen molar-refractivity contribution in [2.75, 3.05) is 6.16 Å². The van der Waals surface area contributed by atoms with Crippen molar-refractivity contribution in [1.82, 2.24) is 0 Å². The van der Waals surface area contributed by atoms with Gasteiger partial charge in [-0.15, -0.1) is 0 Å². The van der Waals surface area contributed by atoms with Crippen molar-refractivity contribution >= 4 is 13.6 Å². The summed E-state index contributed by atoms with van der Waals surface area (Å²) in [5.74, 6) is -0.669. The minimum absolute atomic E-state index is 0.323. The van der Waals surface area contributed by atoms with Crippen LogP contribution in [0.25, 0.3) is 0 Å². The van der Waals surface area contributed by atoms with E-state index in [9.17, 15) is 9.36 Å². The zero-order valence-electron chi connectivity index (χ0n) is 23.5. The van der Waals surface area contributed by atoms with E-state index in [0.29, 0.717) is 12.6 Å². The molecule has 0 aromatic carbocycles. The predicted molar refractivity (Wildman–Crippen MR) is 145 cm³/mol. The third kappa shape index (κ3) is 24.7. The van der Waals surface area contributed by atoms with Gasteiger partial charge in [0, 0.05) is 6.42 Å². The monoisotopic (exact) mass is 504 g/mol. The van der Waals surface area contributed by atoms with Crippen LogP contribution in [-0.4, -0.2) is 28.4 Å². The molecule has 0 rings (SSSR count). The van der Waals surface area contributed by atoms with Gasteiger partial charge in [0.05, 0.1) is 17.4 Å². The third-order valence-electron chi connectivity index (χ3n) is 5.65. The van der Waals surface area contributed by atoms with E-state index in [1.807, 2.05) is 41.5 Å². The van der Waals surface area contributed by atoms with E-state index in [0.717, 1.165) is 25.7 Å². The standard InChI is InChI=1S/C28H57O5P/c1-27(2,3)32-34(31,33-28(4,5)6)25-23-21-19-17-15-13-11-9-7-8-10-12-14-16-18-20-22-24-26(29)30/h7-25H2,1-6H3,(H,29,30). The smallest absolute Gasteiger partial charge is 0.331 e. The highest BCUT2D eigenvalue weighted by Crippen LogP contribution is 2.55. The molecule has 0 saturated carbocycles. The van der Waals surface area contributed by atoms with Crippen LogP contribution in [0.4, 0.5) is 0 Å². The maximum absolute atomic E-state index is 13.2. The Labute approximate surface area is 211 Å². The molecular formula is C28H57O5P. The number of hydrogen-bond donors (Lipinski definition) is 1. The molecule has 0 amide bonds. The van der Waals surface area contributed by atoms with Crippen molar-refractivity contribution < 1.29 is 23.5 Å². The molecule has 0 bridgehead atoms. The van der Waals surface area contributed by atoms with Gasteiger partial charge in [0.25, 0.3) is 0 Å². The SMILES string of the molecule is CC(C)(C)OP(=O)(CCCCCCCCCCCCCCCCCCCC(=O)O)OC(C)(C)C. The average Bonchev–Trinajstić information content (AvgIpc) is 2.66. The van der Waals surface area contributed by atoms with E-state index in [2.05, 4.69) is 0 Å². The molecule has 0 fully saturated rings. The summed E-state index contributed by atoms with van der Waals surface area (Å²) < 4.78 is 24.9. The molecule has 0 heterocycles. The maximum Gasteiger partial charge on any atom is 0.331 e. The van der Waals surface area contributed by atoms with E-state index < -0.39 is 24.8 Å². The Kier molecular flexibility index (Phi) is 18.6. The number of carboxylic acid groups (broad SMARTS) is 1. The van der Waals surface area contributed by atoms with Gasteiger partial charge in [0.2, 0.25) is 0 Å². The minimum Gasteiger partial charge on any atom is -0.481 e. The van der Waals surface area contributed by atoms with Crippen LogP contribution < -0.4 is 0 Å². The lowest BCUT2D eigenvalue weighted by Gasteiger charge is -2.32. The van der Waals surface area contributed by atoms with E-state index in [1.54, 1.807) is 0 Å². The Morgan fingerprint density at radius 1 is 0.559 bits per heavy atom. The molecule has 0 atom stereocenters. The second-order valence-electron chi connectivity index (χ2n) is 11.9. The number of hydrogen-bond acceptors (Lipinski definition) is 4. The third-order valence-corrected chi connectivity index (χ3v) is 8.16. The normalized spacial score (nSPS) is 12.9. The quantitative estimate of drug-likeness (QED) is 0.117. The molecule has 0 aromatic heterocycles. The second kappa shape index (κ2) is 18.8. The summed E-state index contributed by atoms with van der Waals surface area (Å²) in [6.45, 7) is 11.6. The fraction of sp³-hybridized carbons (Fsp3) is 0.964. The van der Waals surface area contributed by atoms with Crippen molar-refractivity contribution in [2.24, 2.45) is 0 Å². The Morgan fingerprint density at radius 2 is 0.824 bits per heavy atom. The molecule has 6 heteroatoms. The van der Waals surface area contributed by atoms with Gasteiger partial charge < -0.3 is 14.2 Å². The van der Waals surface area contributed by atoms with Crippen LogP contribution >= 0.6 is 7.60 Å². The zero-order valence-corrected chi connectivity index (χ0v) is 24.4. The molecule has 0 saturated heterocycles. The molecule has 0 aliphatic heterocycles. The number of carboxylic acids is 1. The zero-order chi connectivity index (χ0) is 25.9. The highest BCUT2D eigenvalue weighted by Gasteiger charge is 2.34. The Morgan fingerprint density at radius 3 is 1.09 bits per heavy atom. The lowest BCUT2D eigenvalue weighted by atomic mass is 10.0. The predicted octanol–water partition coefficient (Wildman–Crippen LogP) is 9.92. The lowest BCUT2D eigenvalue weighted by Crippen LogP contribution is -2.24. The first-order valence-corrected chi connectivity index (χ1v) is 15.8. The van der Waals surface area contributed by atoms with Crippen molar-refractivity contribution in [3.63, 3.8) is 0 Å². The fourth-order valence-electron chi connectivity index (χ4n) is 4.18. The molecule has 0 aromatic rings. The van der Waals surface area contributed by atoms with Gasteiger partial charge >= 0.3 is 13.6 Å². The van der Waals surface area contributed by atoms with E-state index in [1.165, 1.54) is 83.5 Å². The summed E-state index contributed by atoms with van der Waals surface area (Å²) >= 11 is 0. The molecule has 204 valence electrons. The Hall–Kier alpha value is -0.380. The molecule has 1 N–H and O–H groups in total. The van der Waals surface area contributed by atoms with Crippen LogP contribution in [-0.2, 0) is 18.4 Å². The van der Waals surface area contributed by atoms with Gasteiger partial charge in [0.1, 0.15) is 0 Å². The summed E-state index contributed by atoms with van der Waals surface area (Å²) in [6, 6.07) is 0. The first kappa shape index (κ1) is 33.6. The second-order valence-corrected chi connectivity index (χ2v) is 13.9. The summed E-state index contributed by atoms with van der Waals surface area (Å²) in [5, 5.41) is 8.61. The van der Waals surface area contributed by atoms with Crippen molar-refractivity contribution in [1.29, 1.82) is 0 Å². The molecule has 0 aliphatic rings. The number of rotatable bonds is 22. The topological polar surface area (TPSA) is 72.8 Å². The van der Waals surface area contributed by atoms with E-state index in [-0.39, 0.29) is 0 Å². The van der Waals surface area contributed by atoms with Crippen LogP contribution in [0.2, 0.25) is 0 Å². The number of carbonyl (C=O) groups is 1. The Bertz CT molecular complexity index is 528. The van der Waals surface area contributed by atoms with E-state index >= 15 is 0 Å². The maximum atomic E-state index is 13.2. The van der Waals surface area contributed by atoms with E-state index in [4.69, 9.17) is 14.2 Å². The number of unbranched alkanes of at least 4 members (excludes halogenated alkanes) is 16.